The number of methoxy groups -OCH3 is 4. The van der Waals surface area contributed by atoms with Crippen LogP contribution < -0.4 is 18.9 Å². The first-order chi connectivity index (χ1) is 12.2. The lowest BCUT2D eigenvalue weighted by atomic mass is 9.99. The molecule has 0 radical (unpaired) electrons. The van der Waals surface area contributed by atoms with E-state index < -0.39 is 0 Å². The highest BCUT2D eigenvalue weighted by atomic mass is 17.2. The predicted octanol–water partition coefficient (Wildman–Crippen LogP) is 3.86. The second-order valence-electron chi connectivity index (χ2n) is 5.63. The van der Waals surface area contributed by atoms with E-state index in [0.717, 1.165) is 11.1 Å². The first kappa shape index (κ1) is 17.4. The van der Waals surface area contributed by atoms with Crippen molar-refractivity contribution in [3.8, 4) is 23.0 Å². The zero-order chi connectivity index (χ0) is 17.8. The van der Waals surface area contributed by atoms with Gasteiger partial charge < -0.3 is 18.9 Å². The minimum Gasteiger partial charge on any atom is -0.493 e. The molecule has 1 aliphatic rings. The van der Waals surface area contributed by atoms with E-state index in [2.05, 4.69) is 0 Å². The van der Waals surface area contributed by atoms with Crippen LogP contribution in [0.15, 0.2) is 36.4 Å². The fourth-order valence-electron chi connectivity index (χ4n) is 2.90. The van der Waals surface area contributed by atoms with Crippen LogP contribution in [-0.4, -0.2) is 28.4 Å². The Morgan fingerprint density at radius 3 is 1.40 bits per heavy atom. The van der Waals surface area contributed by atoms with Crippen LogP contribution in [0, 0.1) is 0 Å². The summed E-state index contributed by atoms with van der Waals surface area (Å²) in [7, 11) is 6.44. The summed E-state index contributed by atoms with van der Waals surface area (Å²) >= 11 is 0. The summed E-state index contributed by atoms with van der Waals surface area (Å²) in [5, 5.41) is 0. The molecular formula is C19H22O6. The quantitative estimate of drug-likeness (QED) is 0.741. The van der Waals surface area contributed by atoms with E-state index in [1.807, 2.05) is 36.4 Å². The van der Waals surface area contributed by atoms with Crippen molar-refractivity contribution in [3.63, 3.8) is 0 Å². The van der Waals surface area contributed by atoms with Gasteiger partial charge in [-0.1, -0.05) is 12.1 Å². The zero-order valence-corrected chi connectivity index (χ0v) is 14.8. The van der Waals surface area contributed by atoms with Crippen LogP contribution in [0.1, 0.15) is 29.8 Å². The van der Waals surface area contributed by atoms with E-state index in [1.165, 1.54) is 0 Å². The molecule has 2 atom stereocenters. The van der Waals surface area contributed by atoms with Gasteiger partial charge in [-0.3, -0.25) is 0 Å². The molecule has 1 aliphatic heterocycles. The van der Waals surface area contributed by atoms with E-state index >= 15 is 0 Å². The van der Waals surface area contributed by atoms with Crippen molar-refractivity contribution in [1.82, 2.24) is 0 Å². The Bertz CT molecular complexity index is 668. The lowest BCUT2D eigenvalue weighted by Crippen LogP contribution is -1.99. The van der Waals surface area contributed by atoms with Crippen molar-refractivity contribution in [2.24, 2.45) is 0 Å². The molecule has 0 amide bonds. The number of ether oxygens (including phenoxy) is 4. The van der Waals surface area contributed by atoms with Crippen molar-refractivity contribution >= 4 is 0 Å². The van der Waals surface area contributed by atoms with Crippen molar-refractivity contribution in [2.45, 2.75) is 18.6 Å². The Balaban J connectivity index is 1.78. The maximum atomic E-state index is 5.54. The molecular weight excluding hydrogens is 324 g/mol. The molecule has 134 valence electrons. The van der Waals surface area contributed by atoms with Gasteiger partial charge in [0.05, 0.1) is 28.4 Å². The highest BCUT2D eigenvalue weighted by Gasteiger charge is 2.31. The van der Waals surface area contributed by atoms with Crippen LogP contribution in [-0.2, 0) is 9.78 Å². The van der Waals surface area contributed by atoms with E-state index in [0.29, 0.717) is 29.4 Å². The topological polar surface area (TPSA) is 55.4 Å². The van der Waals surface area contributed by atoms with Crippen LogP contribution in [0.5, 0.6) is 23.0 Å². The third kappa shape index (κ3) is 3.50. The molecule has 6 heteroatoms. The van der Waals surface area contributed by atoms with Crippen LogP contribution >= 0.6 is 0 Å². The maximum Gasteiger partial charge on any atom is 0.161 e. The van der Waals surface area contributed by atoms with Gasteiger partial charge in [0.2, 0.25) is 0 Å². The predicted molar refractivity (Wildman–Crippen MR) is 91.4 cm³/mol. The zero-order valence-electron chi connectivity index (χ0n) is 14.8. The Morgan fingerprint density at radius 1 is 0.640 bits per heavy atom. The standard InChI is InChI=1S/C19H22O6/c1-20-14-7-5-12(9-18(14)22-3)16-11-17(25-24-16)13-6-8-15(21-2)19(10-13)23-4/h5-10,16-17H,11H2,1-4H3/t16-,17-/m1/s1. The Kier molecular flexibility index (Phi) is 5.31. The van der Waals surface area contributed by atoms with Crippen LogP contribution in [0.25, 0.3) is 0 Å². The maximum absolute atomic E-state index is 5.54. The summed E-state index contributed by atoms with van der Waals surface area (Å²) < 4.78 is 21.2. The molecule has 0 bridgehead atoms. The summed E-state index contributed by atoms with van der Waals surface area (Å²) in [4.78, 5) is 11.1. The van der Waals surface area contributed by atoms with Gasteiger partial charge in [-0.15, -0.1) is 0 Å². The monoisotopic (exact) mass is 346 g/mol. The first-order valence-electron chi connectivity index (χ1n) is 7.96. The fraction of sp³-hybridized carbons (Fsp3) is 0.368. The second-order valence-corrected chi connectivity index (χ2v) is 5.63. The first-order valence-corrected chi connectivity index (χ1v) is 7.96. The molecule has 25 heavy (non-hydrogen) atoms. The van der Waals surface area contributed by atoms with Gasteiger partial charge in [0.15, 0.2) is 23.0 Å². The molecule has 1 fully saturated rings. The molecule has 0 aromatic heterocycles. The van der Waals surface area contributed by atoms with E-state index in [4.69, 9.17) is 28.7 Å². The number of rotatable bonds is 6. The highest BCUT2D eigenvalue weighted by molar-refractivity contribution is 5.45. The molecule has 0 saturated carbocycles. The molecule has 3 rings (SSSR count). The molecule has 0 unspecified atom stereocenters. The number of hydrogen-bond acceptors (Lipinski definition) is 6. The van der Waals surface area contributed by atoms with Gasteiger partial charge in [0.1, 0.15) is 12.2 Å². The van der Waals surface area contributed by atoms with E-state index in [9.17, 15) is 0 Å². The largest absolute Gasteiger partial charge is 0.493 e. The minimum absolute atomic E-state index is 0.182. The molecule has 0 N–H and O–H groups in total. The lowest BCUT2D eigenvalue weighted by molar-refractivity contribution is -0.300. The van der Waals surface area contributed by atoms with Gasteiger partial charge in [0.25, 0.3) is 0 Å². The fourth-order valence-corrected chi connectivity index (χ4v) is 2.90. The molecule has 0 aliphatic carbocycles. The van der Waals surface area contributed by atoms with Gasteiger partial charge in [-0.2, -0.15) is 0 Å². The molecule has 2 aromatic carbocycles. The van der Waals surface area contributed by atoms with Crippen LogP contribution in [0.4, 0.5) is 0 Å². The van der Waals surface area contributed by atoms with Gasteiger partial charge in [-0.25, -0.2) is 9.78 Å². The summed E-state index contributed by atoms with van der Waals surface area (Å²) in [6.07, 6.45) is 0.320. The summed E-state index contributed by atoms with van der Waals surface area (Å²) in [6, 6.07) is 11.4. The van der Waals surface area contributed by atoms with Crippen molar-refractivity contribution in [3.05, 3.63) is 47.5 Å². The Labute approximate surface area is 147 Å². The van der Waals surface area contributed by atoms with Crippen molar-refractivity contribution in [1.29, 1.82) is 0 Å². The van der Waals surface area contributed by atoms with Crippen LogP contribution in [0.2, 0.25) is 0 Å². The lowest BCUT2D eigenvalue weighted by Gasteiger charge is -2.12. The molecule has 1 saturated heterocycles. The Hall–Kier alpha value is -2.44. The van der Waals surface area contributed by atoms with E-state index in [-0.39, 0.29) is 12.2 Å². The molecule has 6 nitrogen and oxygen atoms in total. The average Bonchev–Trinajstić information content (AvgIpc) is 3.17. The summed E-state index contributed by atoms with van der Waals surface area (Å²) in [5.74, 6) is 2.69. The summed E-state index contributed by atoms with van der Waals surface area (Å²) in [6.45, 7) is 0. The Morgan fingerprint density at radius 2 is 1.04 bits per heavy atom. The molecule has 2 aromatic rings. The van der Waals surface area contributed by atoms with Gasteiger partial charge in [0, 0.05) is 6.42 Å². The number of benzene rings is 2. The third-order valence-corrected chi connectivity index (χ3v) is 4.27. The van der Waals surface area contributed by atoms with Crippen LogP contribution in [0.3, 0.4) is 0 Å². The molecule has 0 spiro atoms. The normalized spacial score (nSPS) is 19.5. The molecule has 1 heterocycles. The smallest absolute Gasteiger partial charge is 0.161 e. The third-order valence-electron chi connectivity index (χ3n) is 4.27. The SMILES string of the molecule is COc1ccc([C@H]2C[C@H](c3ccc(OC)c(OC)c3)OO2)cc1OC. The van der Waals surface area contributed by atoms with Crippen molar-refractivity contribution < 1.29 is 28.7 Å². The highest BCUT2D eigenvalue weighted by Crippen LogP contribution is 2.43. The average molecular weight is 346 g/mol. The van der Waals surface area contributed by atoms with Crippen molar-refractivity contribution in [2.75, 3.05) is 28.4 Å². The summed E-state index contributed by atoms with van der Waals surface area (Å²) in [5.41, 5.74) is 1.95. The van der Waals surface area contributed by atoms with Gasteiger partial charge in [-0.05, 0) is 35.4 Å². The van der Waals surface area contributed by atoms with E-state index in [1.54, 1.807) is 28.4 Å². The van der Waals surface area contributed by atoms with Gasteiger partial charge >= 0.3 is 0 Å². The number of hydrogen-bond donors (Lipinski definition) is 0. The second kappa shape index (κ2) is 7.63. The minimum atomic E-state index is -0.182.